The van der Waals surface area contributed by atoms with Crippen LogP contribution >= 0.6 is 23.4 Å². The van der Waals surface area contributed by atoms with Gasteiger partial charge in [-0.15, -0.1) is 11.8 Å². The molecule has 5 heteroatoms. The zero-order valence-electron chi connectivity index (χ0n) is 12.1. The number of halogens is 1. The van der Waals surface area contributed by atoms with Crippen LogP contribution in [0.4, 0.5) is 0 Å². The average molecular weight is 325 g/mol. The van der Waals surface area contributed by atoms with Crippen molar-refractivity contribution in [1.82, 2.24) is 10.2 Å². The van der Waals surface area contributed by atoms with Gasteiger partial charge >= 0.3 is 0 Å². The summed E-state index contributed by atoms with van der Waals surface area (Å²) in [6, 6.07) is 8.85. The molecule has 0 spiro atoms. The molecular formula is C16H21ClN2OS. The van der Waals surface area contributed by atoms with E-state index >= 15 is 0 Å². The van der Waals surface area contributed by atoms with Gasteiger partial charge in [0, 0.05) is 30.1 Å². The summed E-state index contributed by atoms with van der Waals surface area (Å²) >= 11 is 7.60. The molecule has 0 atom stereocenters. The van der Waals surface area contributed by atoms with Crippen molar-refractivity contribution in [2.75, 3.05) is 18.8 Å². The summed E-state index contributed by atoms with van der Waals surface area (Å²) in [6.07, 6.45) is 4.90. The summed E-state index contributed by atoms with van der Waals surface area (Å²) in [5.74, 6) is 0.553. The molecule has 3 nitrogen and oxygen atoms in total. The summed E-state index contributed by atoms with van der Waals surface area (Å²) in [5, 5.41) is 3.87. The largest absolute Gasteiger partial charge is 0.353 e. The molecule has 1 heterocycles. The van der Waals surface area contributed by atoms with Crippen molar-refractivity contribution in [2.24, 2.45) is 0 Å². The van der Waals surface area contributed by atoms with Gasteiger partial charge in [-0.2, -0.15) is 0 Å². The first-order valence-electron chi connectivity index (χ1n) is 7.63. The fourth-order valence-electron chi connectivity index (χ4n) is 2.82. The third-order valence-electron chi connectivity index (χ3n) is 4.15. The van der Waals surface area contributed by atoms with Crippen LogP contribution in [0.15, 0.2) is 29.2 Å². The van der Waals surface area contributed by atoms with Crippen LogP contribution in [-0.2, 0) is 4.79 Å². The SMILES string of the molecule is O=C(CSc1ccccc1Cl)NC1CCN(C2CC2)CC1. The second kappa shape index (κ2) is 7.03. The van der Waals surface area contributed by atoms with Crippen LogP contribution in [0.5, 0.6) is 0 Å². The molecule has 0 unspecified atom stereocenters. The first kappa shape index (κ1) is 15.2. The molecule has 0 radical (unpaired) electrons. The lowest BCUT2D eigenvalue weighted by Crippen LogP contribution is -2.45. The second-order valence-corrected chi connectivity index (χ2v) is 7.25. The van der Waals surface area contributed by atoms with Crippen LogP contribution in [0.25, 0.3) is 0 Å². The minimum atomic E-state index is 0.116. The van der Waals surface area contributed by atoms with Gasteiger partial charge in [0.2, 0.25) is 5.91 Å². The number of amides is 1. The Balaban J connectivity index is 1.39. The third-order valence-corrected chi connectivity index (χ3v) is 5.67. The van der Waals surface area contributed by atoms with Crippen molar-refractivity contribution >= 4 is 29.3 Å². The number of piperidine rings is 1. The number of hydrogen-bond acceptors (Lipinski definition) is 3. The van der Waals surface area contributed by atoms with E-state index in [1.54, 1.807) is 0 Å². The highest BCUT2D eigenvalue weighted by atomic mass is 35.5. The maximum absolute atomic E-state index is 12.0. The Labute approximate surface area is 135 Å². The maximum Gasteiger partial charge on any atom is 0.230 e. The topological polar surface area (TPSA) is 32.3 Å². The number of thioether (sulfide) groups is 1. The van der Waals surface area contributed by atoms with Gasteiger partial charge in [0.05, 0.1) is 10.8 Å². The van der Waals surface area contributed by atoms with Gasteiger partial charge in [-0.25, -0.2) is 0 Å². The molecule has 1 aromatic rings. The van der Waals surface area contributed by atoms with Gasteiger partial charge in [-0.05, 0) is 37.8 Å². The number of benzene rings is 1. The molecule has 1 aliphatic carbocycles. The monoisotopic (exact) mass is 324 g/mol. The second-order valence-electron chi connectivity index (χ2n) is 5.83. The van der Waals surface area contributed by atoms with Crippen molar-refractivity contribution < 1.29 is 4.79 Å². The third kappa shape index (κ3) is 4.38. The van der Waals surface area contributed by atoms with Gasteiger partial charge in [0.1, 0.15) is 0 Å². The van der Waals surface area contributed by atoms with Crippen molar-refractivity contribution in [3.05, 3.63) is 29.3 Å². The van der Waals surface area contributed by atoms with E-state index in [2.05, 4.69) is 10.2 Å². The predicted molar refractivity (Wildman–Crippen MR) is 87.9 cm³/mol. The van der Waals surface area contributed by atoms with E-state index in [1.807, 2.05) is 24.3 Å². The molecule has 1 saturated heterocycles. The predicted octanol–water partition coefficient (Wildman–Crippen LogP) is 3.18. The fourth-order valence-corrected chi connectivity index (χ4v) is 3.87. The van der Waals surface area contributed by atoms with E-state index in [-0.39, 0.29) is 5.91 Å². The zero-order valence-corrected chi connectivity index (χ0v) is 13.6. The molecule has 0 aromatic heterocycles. The number of nitrogens with one attached hydrogen (secondary N) is 1. The van der Waals surface area contributed by atoms with Gasteiger partial charge < -0.3 is 10.2 Å². The summed E-state index contributed by atoms with van der Waals surface area (Å²) in [7, 11) is 0. The highest BCUT2D eigenvalue weighted by Gasteiger charge is 2.31. The lowest BCUT2D eigenvalue weighted by atomic mass is 10.1. The van der Waals surface area contributed by atoms with Gasteiger partial charge in [-0.3, -0.25) is 4.79 Å². The lowest BCUT2D eigenvalue weighted by molar-refractivity contribution is -0.119. The minimum absolute atomic E-state index is 0.116. The summed E-state index contributed by atoms with van der Waals surface area (Å²) in [5.41, 5.74) is 0. The Kier molecular flexibility index (Phi) is 5.09. The van der Waals surface area contributed by atoms with Crippen LogP contribution < -0.4 is 5.32 Å². The Hall–Kier alpha value is -0.710. The molecule has 1 N–H and O–H groups in total. The Morgan fingerprint density at radius 1 is 1.24 bits per heavy atom. The number of rotatable bonds is 5. The van der Waals surface area contributed by atoms with Crippen LogP contribution in [0.1, 0.15) is 25.7 Å². The summed E-state index contributed by atoms with van der Waals surface area (Å²) in [4.78, 5) is 15.6. The molecule has 1 aliphatic heterocycles. The molecule has 1 saturated carbocycles. The van der Waals surface area contributed by atoms with Crippen LogP contribution in [-0.4, -0.2) is 41.7 Å². The van der Waals surface area contributed by atoms with E-state index in [4.69, 9.17) is 11.6 Å². The van der Waals surface area contributed by atoms with Crippen LogP contribution in [0, 0.1) is 0 Å². The first-order valence-corrected chi connectivity index (χ1v) is 8.99. The number of hydrogen-bond donors (Lipinski definition) is 1. The summed E-state index contributed by atoms with van der Waals surface area (Å²) in [6.45, 7) is 2.26. The van der Waals surface area contributed by atoms with E-state index in [1.165, 1.54) is 24.6 Å². The standard InChI is InChI=1S/C16H21ClN2OS/c17-14-3-1-2-4-15(14)21-11-16(20)18-12-7-9-19(10-8-12)13-5-6-13/h1-4,12-13H,5-11H2,(H,18,20). The van der Waals surface area contributed by atoms with E-state index in [9.17, 15) is 4.79 Å². The Bertz CT molecular complexity index is 499. The molecular weight excluding hydrogens is 304 g/mol. The van der Waals surface area contributed by atoms with E-state index in [0.29, 0.717) is 16.8 Å². The molecule has 1 aromatic carbocycles. The van der Waals surface area contributed by atoms with Crippen LogP contribution in [0.3, 0.4) is 0 Å². The number of likely N-dealkylation sites (tertiary alicyclic amines) is 1. The molecule has 3 rings (SSSR count). The van der Waals surface area contributed by atoms with Crippen LogP contribution in [0.2, 0.25) is 5.02 Å². The van der Waals surface area contributed by atoms with Gasteiger partial charge in [0.15, 0.2) is 0 Å². The first-order chi connectivity index (χ1) is 10.2. The molecule has 2 aliphatic rings. The quantitative estimate of drug-likeness (QED) is 0.844. The summed E-state index contributed by atoms with van der Waals surface area (Å²) < 4.78 is 0. The Morgan fingerprint density at radius 3 is 2.62 bits per heavy atom. The normalized spacial score (nSPS) is 20.4. The van der Waals surface area contributed by atoms with Crippen molar-refractivity contribution in [2.45, 2.75) is 42.7 Å². The zero-order chi connectivity index (χ0) is 14.7. The number of carbonyl (C=O) groups is 1. The number of nitrogens with zero attached hydrogens (tertiary/aromatic N) is 1. The van der Waals surface area contributed by atoms with E-state index in [0.717, 1.165) is 36.9 Å². The highest BCUT2D eigenvalue weighted by molar-refractivity contribution is 8.00. The van der Waals surface area contributed by atoms with Gasteiger partial charge in [-0.1, -0.05) is 23.7 Å². The number of carbonyl (C=O) groups excluding carboxylic acids is 1. The van der Waals surface area contributed by atoms with Crippen molar-refractivity contribution in [3.63, 3.8) is 0 Å². The molecule has 21 heavy (non-hydrogen) atoms. The molecule has 0 bridgehead atoms. The molecule has 114 valence electrons. The molecule has 1 amide bonds. The highest BCUT2D eigenvalue weighted by Crippen LogP contribution is 2.29. The maximum atomic E-state index is 12.0. The minimum Gasteiger partial charge on any atom is -0.353 e. The smallest absolute Gasteiger partial charge is 0.230 e. The van der Waals surface area contributed by atoms with Crippen molar-refractivity contribution in [1.29, 1.82) is 0 Å². The molecule has 2 fully saturated rings. The van der Waals surface area contributed by atoms with Gasteiger partial charge in [0.25, 0.3) is 0 Å². The van der Waals surface area contributed by atoms with E-state index < -0.39 is 0 Å². The van der Waals surface area contributed by atoms with Crippen molar-refractivity contribution in [3.8, 4) is 0 Å². The fraction of sp³-hybridized carbons (Fsp3) is 0.562. The lowest BCUT2D eigenvalue weighted by Gasteiger charge is -2.32. The average Bonchev–Trinajstić information content (AvgIpc) is 3.32. The Morgan fingerprint density at radius 2 is 1.95 bits per heavy atom.